The summed E-state index contributed by atoms with van der Waals surface area (Å²) in [6.45, 7) is 1.10. The van der Waals surface area contributed by atoms with Crippen molar-refractivity contribution in [3.05, 3.63) is 27.4 Å². The van der Waals surface area contributed by atoms with Gasteiger partial charge < -0.3 is 14.5 Å². The molecule has 1 aliphatic rings. The topological polar surface area (TPSA) is 51.5 Å². The van der Waals surface area contributed by atoms with Crippen LogP contribution in [0.4, 0.5) is 0 Å². The zero-order valence-electron chi connectivity index (χ0n) is 10.2. The minimum absolute atomic E-state index is 0.278. The number of methoxy groups -OCH3 is 1. The Morgan fingerprint density at radius 3 is 3.17 bits per heavy atom. The Kier molecular flexibility index (Phi) is 3.09. The van der Waals surface area contributed by atoms with E-state index in [4.69, 9.17) is 9.15 Å². The molecule has 1 aliphatic heterocycles. The zero-order valence-corrected chi connectivity index (χ0v) is 11.0. The first-order valence-electron chi connectivity index (χ1n) is 6.10. The molecule has 1 unspecified atom stereocenters. The Balaban J connectivity index is 1.98. The van der Waals surface area contributed by atoms with Crippen molar-refractivity contribution in [2.75, 3.05) is 13.7 Å². The fourth-order valence-corrected chi connectivity index (χ4v) is 3.24. The highest BCUT2D eigenvalue weighted by atomic mass is 32.1. The molecule has 0 amide bonds. The second-order valence-corrected chi connectivity index (χ2v) is 5.55. The quantitative estimate of drug-likeness (QED) is 0.924. The van der Waals surface area contributed by atoms with Gasteiger partial charge in [0.15, 0.2) is 11.3 Å². The van der Waals surface area contributed by atoms with Crippen molar-refractivity contribution in [3.63, 3.8) is 0 Å². The zero-order chi connectivity index (χ0) is 12.5. The third-order valence-corrected chi connectivity index (χ3v) is 4.10. The van der Waals surface area contributed by atoms with Crippen molar-refractivity contribution in [1.29, 1.82) is 0 Å². The molecule has 1 aromatic carbocycles. The maximum absolute atomic E-state index is 11.3. The van der Waals surface area contributed by atoms with Gasteiger partial charge in [-0.2, -0.15) is 0 Å². The van der Waals surface area contributed by atoms with Crippen LogP contribution in [0.5, 0.6) is 5.75 Å². The molecule has 5 heteroatoms. The Bertz CT molecular complexity index is 610. The van der Waals surface area contributed by atoms with Crippen molar-refractivity contribution in [1.82, 2.24) is 5.32 Å². The minimum atomic E-state index is -0.278. The van der Waals surface area contributed by atoms with E-state index in [1.165, 1.54) is 18.4 Å². The molecule has 0 spiro atoms. The molecule has 1 atom stereocenters. The van der Waals surface area contributed by atoms with Gasteiger partial charge in [-0.1, -0.05) is 11.3 Å². The minimum Gasteiger partial charge on any atom is -0.493 e. The van der Waals surface area contributed by atoms with Gasteiger partial charge >= 0.3 is 4.94 Å². The van der Waals surface area contributed by atoms with E-state index >= 15 is 0 Å². The second-order valence-electron chi connectivity index (χ2n) is 4.58. The van der Waals surface area contributed by atoms with Gasteiger partial charge in [-0.15, -0.1) is 0 Å². The summed E-state index contributed by atoms with van der Waals surface area (Å²) in [5, 5.41) is 3.47. The average Bonchev–Trinajstić information content (AvgIpc) is 2.96. The Hall–Kier alpha value is -1.33. The first-order chi connectivity index (χ1) is 8.76. The molecule has 3 rings (SSSR count). The lowest BCUT2D eigenvalue weighted by Gasteiger charge is -2.11. The van der Waals surface area contributed by atoms with Crippen molar-refractivity contribution in [2.45, 2.75) is 25.3 Å². The van der Waals surface area contributed by atoms with Crippen LogP contribution >= 0.6 is 11.3 Å². The van der Waals surface area contributed by atoms with Crippen LogP contribution in [0.15, 0.2) is 21.3 Å². The highest BCUT2D eigenvalue weighted by Crippen LogP contribution is 2.30. The molecule has 0 saturated carbocycles. The van der Waals surface area contributed by atoms with Crippen LogP contribution in [0, 0.1) is 0 Å². The van der Waals surface area contributed by atoms with Crippen LogP contribution < -0.4 is 15.0 Å². The fraction of sp³-hybridized carbons (Fsp3) is 0.462. The summed E-state index contributed by atoms with van der Waals surface area (Å²) < 4.78 is 11.3. The van der Waals surface area contributed by atoms with E-state index in [9.17, 15) is 4.79 Å². The van der Waals surface area contributed by atoms with E-state index in [1.54, 1.807) is 7.11 Å². The lowest BCUT2D eigenvalue weighted by Crippen LogP contribution is -2.23. The maximum atomic E-state index is 11.3. The number of ether oxygens (including phenoxy) is 1. The van der Waals surface area contributed by atoms with Gasteiger partial charge in [0, 0.05) is 6.04 Å². The molecule has 1 saturated heterocycles. The lowest BCUT2D eigenvalue weighted by atomic mass is 10.0. The van der Waals surface area contributed by atoms with Crippen LogP contribution in [-0.2, 0) is 6.42 Å². The third-order valence-electron chi connectivity index (χ3n) is 3.32. The fourth-order valence-electron chi connectivity index (χ4n) is 2.49. The summed E-state index contributed by atoms with van der Waals surface area (Å²) in [4.78, 5) is 11.0. The van der Waals surface area contributed by atoms with E-state index < -0.39 is 0 Å². The van der Waals surface area contributed by atoms with Crippen LogP contribution in [0.1, 0.15) is 18.4 Å². The molecule has 2 aromatic rings. The lowest BCUT2D eigenvalue weighted by molar-refractivity contribution is 0.408. The van der Waals surface area contributed by atoms with Gasteiger partial charge in [-0.05, 0) is 43.5 Å². The Morgan fingerprint density at radius 2 is 2.44 bits per heavy atom. The molecule has 0 aliphatic carbocycles. The monoisotopic (exact) mass is 265 g/mol. The molecule has 0 radical (unpaired) electrons. The summed E-state index contributed by atoms with van der Waals surface area (Å²) in [5.41, 5.74) is 1.76. The average molecular weight is 265 g/mol. The highest BCUT2D eigenvalue weighted by molar-refractivity contribution is 7.16. The third kappa shape index (κ3) is 2.15. The van der Waals surface area contributed by atoms with Gasteiger partial charge in [0.1, 0.15) is 0 Å². The number of rotatable bonds is 3. The SMILES string of the molecule is COc1cc(CC2CCCN2)cc2sc(=O)oc12. The normalized spacial score (nSPS) is 19.5. The van der Waals surface area contributed by atoms with Gasteiger partial charge in [0.25, 0.3) is 0 Å². The summed E-state index contributed by atoms with van der Waals surface area (Å²) >= 11 is 1.13. The molecule has 2 heterocycles. The van der Waals surface area contributed by atoms with E-state index in [-0.39, 0.29) is 4.94 Å². The molecule has 1 N–H and O–H groups in total. The second kappa shape index (κ2) is 4.74. The van der Waals surface area contributed by atoms with Crippen molar-refractivity contribution >= 4 is 21.6 Å². The van der Waals surface area contributed by atoms with Gasteiger partial charge in [0.05, 0.1) is 11.8 Å². The highest BCUT2D eigenvalue weighted by Gasteiger charge is 2.17. The van der Waals surface area contributed by atoms with Gasteiger partial charge in [-0.25, -0.2) is 4.79 Å². The largest absolute Gasteiger partial charge is 0.493 e. The van der Waals surface area contributed by atoms with Crippen LogP contribution in [0.3, 0.4) is 0 Å². The molecule has 96 valence electrons. The van der Waals surface area contributed by atoms with E-state index in [0.29, 0.717) is 17.4 Å². The predicted octanol–water partition coefficient (Wildman–Crippen LogP) is 2.16. The molecule has 0 bridgehead atoms. The van der Waals surface area contributed by atoms with Crippen molar-refractivity contribution < 1.29 is 9.15 Å². The molecular formula is C13H15NO3S. The van der Waals surface area contributed by atoms with E-state index in [2.05, 4.69) is 5.32 Å². The maximum Gasteiger partial charge on any atom is 0.396 e. The predicted molar refractivity (Wildman–Crippen MR) is 71.6 cm³/mol. The van der Waals surface area contributed by atoms with Crippen LogP contribution in [0.2, 0.25) is 0 Å². The summed E-state index contributed by atoms with van der Waals surface area (Å²) in [6, 6.07) is 4.54. The number of hydrogen-bond donors (Lipinski definition) is 1. The molecule has 1 fully saturated rings. The van der Waals surface area contributed by atoms with Gasteiger partial charge in [0.2, 0.25) is 0 Å². The first-order valence-corrected chi connectivity index (χ1v) is 6.92. The smallest absolute Gasteiger partial charge is 0.396 e. The number of fused-ring (bicyclic) bond motifs is 1. The van der Waals surface area contributed by atoms with Crippen molar-refractivity contribution in [2.24, 2.45) is 0 Å². The number of hydrogen-bond acceptors (Lipinski definition) is 5. The standard InChI is InChI=1S/C13H15NO3S/c1-16-10-6-8(5-9-3-2-4-14-9)7-11-12(10)17-13(15)18-11/h6-7,9,14H,2-5H2,1H3. The first kappa shape index (κ1) is 11.7. The Labute approximate surface area is 109 Å². The molecule has 18 heavy (non-hydrogen) atoms. The number of nitrogens with one attached hydrogen (secondary N) is 1. The molecular weight excluding hydrogens is 250 g/mol. The van der Waals surface area contributed by atoms with E-state index in [0.717, 1.165) is 29.0 Å². The van der Waals surface area contributed by atoms with Gasteiger partial charge in [-0.3, -0.25) is 0 Å². The van der Waals surface area contributed by atoms with Crippen LogP contribution in [0.25, 0.3) is 10.3 Å². The van der Waals surface area contributed by atoms with Crippen molar-refractivity contribution in [3.8, 4) is 5.75 Å². The summed E-state index contributed by atoms with van der Waals surface area (Å²) in [5.74, 6) is 0.652. The summed E-state index contributed by atoms with van der Waals surface area (Å²) in [6.07, 6.45) is 3.42. The Morgan fingerprint density at radius 1 is 1.56 bits per heavy atom. The summed E-state index contributed by atoms with van der Waals surface area (Å²) in [7, 11) is 1.60. The number of benzene rings is 1. The molecule has 4 nitrogen and oxygen atoms in total. The van der Waals surface area contributed by atoms with E-state index in [1.807, 2.05) is 12.1 Å². The molecule has 1 aromatic heterocycles. The van der Waals surface area contributed by atoms with Crippen LogP contribution in [-0.4, -0.2) is 19.7 Å².